The summed E-state index contributed by atoms with van der Waals surface area (Å²) >= 11 is 0. The van der Waals surface area contributed by atoms with Crippen LogP contribution < -0.4 is 5.32 Å². The number of aliphatic hydroxyl groups is 2. The second kappa shape index (κ2) is 13.6. The first-order valence-electron chi connectivity index (χ1n) is 14.1. The van der Waals surface area contributed by atoms with Gasteiger partial charge in [0.15, 0.2) is 0 Å². The number of nitrogens with one attached hydrogen (secondary N) is 1. The van der Waals surface area contributed by atoms with Gasteiger partial charge in [0.2, 0.25) is 0 Å². The van der Waals surface area contributed by atoms with E-state index in [1.165, 1.54) is 18.2 Å². The first-order chi connectivity index (χ1) is 20.5. The van der Waals surface area contributed by atoms with Crippen molar-refractivity contribution in [3.05, 3.63) is 95.3 Å². The second-order valence-electron chi connectivity index (χ2n) is 10.8. The van der Waals surface area contributed by atoms with Crippen LogP contribution in [0.15, 0.2) is 66.7 Å². The number of hydrogen-bond acceptors (Lipinski definition) is 5. The number of carbonyl (C=O) groups is 2. The normalized spacial score (nSPS) is 13.0. The Hall–Kier alpha value is -4.54. The van der Waals surface area contributed by atoms with E-state index in [1.807, 2.05) is 68.8 Å². The molecule has 4 aromatic rings. The number of aliphatic hydroxyl groups excluding tert-OH is 2. The quantitative estimate of drug-likeness (QED) is 0.182. The van der Waals surface area contributed by atoms with Crippen molar-refractivity contribution in [1.82, 2.24) is 19.7 Å². The monoisotopic (exact) mass is 588 g/mol. The maximum Gasteiger partial charge on any atom is 0.305 e. The zero-order chi connectivity index (χ0) is 31.3. The third kappa shape index (κ3) is 7.46. The van der Waals surface area contributed by atoms with Crippen LogP contribution in [-0.4, -0.2) is 53.8 Å². The van der Waals surface area contributed by atoms with Gasteiger partial charge in [-0.15, -0.1) is 0 Å². The molecule has 0 aliphatic carbocycles. The average molecular weight is 589 g/mol. The van der Waals surface area contributed by atoms with Gasteiger partial charge in [0.25, 0.3) is 5.91 Å². The Morgan fingerprint density at radius 3 is 2.26 bits per heavy atom. The standard InChI is InChI=1S/C33H37FN4O5/c1-20(2)38-28(15-14-26(39)17-27(40)18-29(41)42)30(23-10-12-24(34)13-11-23)31(22-8-6-5-7-9-22)32(38)33(43)35-19-25-16-21(3)37(4)36-25/h5-16,20,26-27,39-40H,17-19H2,1-4H3,(H,35,43)(H,41,42)/b15-14-/t26-,27-/m1/s1. The SMILES string of the molecule is Cc1cc(CNC(=O)c2c(-c3ccccc3)c(-c3ccc(F)cc3)c(/C=C\[C@@H](O)C[C@@H](O)CC(=O)O)n2C(C)C)nn1C. The lowest BCUT2D eigenvalue weighted by Gasteiger charge is -2.17. The number of carboxylic acid groups (broad SMARTS) is 1. The van der Waals surface area contributed by atoms with Crippen molar-refractivity contribution in [2.24, 2.45) is 7.05 Å². The van der Waals surface area contributed by atoms with Crippen LogP contribution in [0.4, 0.5) is 4.39 Å². The largest absolute Gasteiger partial charge is 0.481 e. The molecule has 4 rings (SSSR count). The molecule has 226 valence electrons. The smallest absolute Gasteiger partial charge is 0.305 e. The lowest BCUT2D eigenvalue weighted by molar-refractivity contribution is -0.139. The zero-order valence-electron chi connectivity index (χ0n) is 24.7. The number of halogens is 1. The van der Waals surface area contributed by atoms with E-state index < -0.39 is 30.4 Å². The van der Waals surface area contributed by atoms with Gasteiger partial charge in [-0.25, -0.2) is 4.39 Å². The predicted octanol–water partition coefficient (Wildman–Crippen LogP) is 5.11. The highest BCUT2D eigenvalue weighted by atomic mass is 19.1. The Morgan fingerprint density at radius 1 is 1.02 bits per heavy atom. The molecule has 0 aliphatic rings. The summed E-state index contributed by atoms with van der Waals surface area (Å²) < 4.78 is 17.6. The number of benzene rings is 2. The number of aliphatic carboxylic acids is 1. The summed E-state index contributed by atoms with van der Waals surface area (Å²) in [6, 6.07) is 17.1. The van der Waals surface area contributed by atoms with E-state index in [0.29, 0.717) is 33.8 Å². The van der Waals surface area contributed by atoms with Crippen molar-refractivity contribution >= 4 is 18.0 Å². The Labute approximate surface area is 249 Å². The van der Waals surface area contributed by atoms with Crippen LogP contribution in [0.1, 0.15) is 60.3 Å². The Bertz CT molecular complexity index is 1590. The minimum absolute atomic E-state index is 0.181. The molecule has 0 saturated carbocycles. The van der Waals surface area contributed by atoms with Gasteiger partial charge in [0.05, 0.1) is 30.9 Å². The topological polar surface area (TPSA) is 130 Å². The minimum Gasteiger partial charge on any atom is -0.481 e. The first-order valence-corrected chi connectivity index (χ1v) is 14.1. The van der Waals surface area contributed by atoms with Crippen molar-refractivity contribution in [1.29, 1.82) is 0 Å². The fourth-order valence-corrected chi connectivity index (χ4v) is 5.15. The summed E-state index contributed by atoms with van der Waals surface area (Å²) in [5.41, 5.74) is 5.36. The van der Waals surface area contributed by atoms with Crippen LogP contribution in [-0.2, 0) is 18.4 Å². The number of amides is 1. The van der Waals surface area contributed by atoms with E-state index >= 15 is 0 Å². The zero-order valence-corrected chi connectivity index (χ0v) is 24.7. The van der Waals surface area contributed by atoms with Gasteiger partial charge in [-0.2, -0.15) is 5.10 Å². The lowest BCUT2D eigenvalue weighted by atomic mass is 9.94. The van der Waals surface area contributed by atoms with Crippen molar-refractivity contribution < 1.29 is 29.3 Å². The molecule has 43 heavy (non-hydrogen) atoms. The van der Waals surface area contributed by atoms with Crippen LogP contribution in [0.25, 0.3) is 28.3 Å². The van der Waals surface area contributed by atoms with E-state index in [4.69, 9.17) is 5.11 Å². The third-order valence-corrected chi connectivity index (χ3v) is 7.16. The molecule has 0 radical (unpaired) electrons. The van der Waals surface area contributed by atoms with Gasteiger partial charge in [0.1, 0.15) is 11.5 Å². The highest BCUT2D eigenvalue weighted by Crippen LogP contribution is 2.42. The summed E-state index contributed by atoms with van der Waals surface area (Å²) in [4.78, 5) is 25.1. The summed E-state index contributed by atoms with van der Waals surface area (Å²) in [7, 11) is 1.83. The van der Waals surface area contributed by atoms with E-state index in [2.05, 4.69) is 10.4 Å². The van der Waals surface area contributed by atoms with E-state index in [1.54, 1.807) is 22.9 Å². The molecule has 2 aromatic heterocycles. The van der Waals surface area contributed by atoms with Gasteiger partial charge < -0.3 is 25.2 Å². The molecule has 2 aromatic carbocycles. The molecule has 2 atom stereocenters. The van der Waals surface area contributed by atoms with E-state index in [0.717, 1.165) is 11.3 Å². The fourth-order valence-electron chi connectivity index (χ4n) is 5.15. The van der Waals surface area contributed by atoms with E-state index in [9.17, 15) is 24.2 Å². The molecule has 0 saturated heterocycles. The average Bonchev–Trinajstić information content (AvgIpc) is 3.47. The van der Waals surface area contributed by atoms with Gasteiger partial charge in [0, 0.05) is 42.0 Å². The number of hydrogen-bond donors (Lipinski definition) is 4. The summed E-state index contributed by atoms with van der Waals surface area (Å²) in [6.07, 6.45) is 0.0748. The van der Waals surface area contributed by atoms with Gasteiger partial charge >= 0.3 is 5.97 Å². The van der Waals surface area contributed by atoms with E-state index in [-0.39, 0.29) is 24.9 Å². The fraction of sp³-hybridized carbons (Fsp3) is 0.303. The van der Waals surface area contributed by atoms with Crippen molar-refractivity contribution in [3.63, 3.8) is 0 Å². The van der Waals surface area contributed by atoms with Crippen molar-refractivity contribution in [2.75, 3.05) is 0 Å². The molecule has 2 heterocycles. The lowest BCUT2D eigenvalue weighted by Crippen LogP contribution is -2.27. The molecular formula is C33H37FN4O5. The molecular weight excluding hydrogens is 551 g/mol. The number of aromatic nitrogens is 3. The highest BCUT2D eigenvalue weighted by molar-refractivity contribution is 6.06. The first kappa shape index (κ1) is 31.4. The summed E-state index contributed by atoms with van der Waals surface area (Å²) in [5.74, 6) is -1.91. The highest BCUT2D eigenvalue weighted by Gasteiger charge is 2.29. The van der Waals surface area contributed by atoms with Crippen molar-refractivity contribution in [2.45, 2.75) is 58.4 Å². The minimum atomic E-state index is -1.23. The maximum absolute atomic E-state index is 14.1. The van der Waals surface area contributed by atoms with Crippen molar-refractivity contribution in [3.8, 4) is 22.3 Å². The number of aryl methyl sites for hydroxylation is 2. The second-order valence-corrected chi connectivity index (χ2v) is 10.8. The van der Waals surface area contributed by atoms with Gasteiger partial charge in [-0.05, 0) is 56.2 Å². The number of nitrogens with zero attached hydrogens (tertiary/aromatic N) is 3. The Kier molecular flexibility index (Phi) is 9.95. The summed E-state index contributed by atoms with van der Waals surface area (Å²) in [5, 5.41) is 37.2. The summed E-state index contributed by atoms with van der Waals surface area (Å²) in [6.45, 7) is 6.01. The van der Waals surface area contributed by atoms with Crippen LogP contribution >= 0.6 is 0 Å². The van der Waals surface area contributed by atoms with Gasteiger partial charge in [-0.1, -0.05) is 48.5 Å². The van der Waals surface area contributed by atoms with Crippen LogP contribution in [0.3, 0.4) is 0 Å². The number of carbonyl (C=O) groups excluding carboxylic acids is 1. The molecule has 0 aliphatic heterocycles. The molecule has 0 spiro atoms. The molecule has 4 N–H and O–H groups in total. The molecule has 9 nitrogen and oxygen atoms in total. The number of rotatable bonds is 12. The molecule has 0 fully saturated rings. The Balaban J connectivity index is 1.90. The third-order valence-electron chi connectivity index (χ3n) is 7.16. The van der Waals surface area contributed by atoms with Gasteiger partial charge in [-0.3, -0.25) is 14.3 Å². The van der Waals surface area contributed by atoms with Crippen LogP contribution in [0.2, 0.25) is 0 Å². The predicted molar refractivity (Wildman–Crippen MR) is 163 cm³/mol. The maximum atomic E-state index is 14.1. The molecule has 0 unspecified atom stereocenters. The molecule has 0 bridgehead atoms. The van der Waals surface area contributed by atoms with Crippen LogP contribution in [0.5, 0.6) is 0 Å². The van der Waals surface area contributed by atoms with Crippen LogP contribution in [0, 0.1) is 12.7 Å². The molecule has 1 amide bonds. The Morgan fingerprint density at radius 2 is 1.67 bits per heavy atom. The number of carboxylic acids is 1. The molecule has 10 heteroatoms.